The maximum atomic E-state index is 6.05. The molecule has 1 aromatic carbocycles. The zero-order valence-electron chi connectivity index (χ0n) is 15.0. The van der Waals surface area contributed by atoms with Gasteiger partial charge in [0.2, 0.25) is 0 Å². The zero-order valence-corrected chi connectivity index (χ0v) is 15.0. The molecule has 1 fully saturated rings. The number of benzene rings is 1. The van der Waals surface area contributed by atoms with Crippen LogP contribution >= 0.6 is 0 Å². The summed E-state index contributed by atoms with van der Waals surface area (Å²) in [6.07, 6.45) is 3.95. The summed E-state index contributed by atoms with van der Waals surface area (Å²) < 4.78 is 11.0. The molecular formula is C19H31N3O2. The fourth-order valence-electron chi connectivity index (χ4n) is 2.90. The van der Waals surface area contributed by atoms with Crippen LogP contribution in [0.4, 0.5) is 5.69 Å². The highest BCUT2D eigenvalue weighted by atomic mass is 16.5. The molecule has 3 N–H and O–H groups in total. The highest BCUT2D eigenvalue weighted by molar-refractivity contribution is 5.93. The van der Waals surface area contributed by atoms with Gasteiger partial charge in [0.1, 0.15) is 0 Å². The molecule has 1 unspecified atom stereocenters. The van der Waals surface area contributed by atoms with Crippen molar-refractivity contribution in [3.63, 3.8) is 0 Å². The standard InChI is InChI=1S/C19H31N3O2/c1-3-16-7-5-8-17(4-2)18(16)22-19(20)21-10-6-11-23-13-15-9-12-24-14-15/h5,7-8,15H,3-4,6,9-14H2,1-2H3,(H3,20,21,22). The molecule has 2 rings (SSSR count). The first-order valence-corrected chi connectivity index (χ1v) is 9.07. The van der Waals surface area contributed by atoms with E-state index in [1.54, 1.807) is 0 Å². The van der Waals surface area contributed by atoms with Gasteiger partial charge in [-0.1, -0.05) is 32.0 Å². The molecule has 24 heavy (non-hydrogen) atoms. The summed E-state index contributed by atoms with van der Waals surface area (Å²) in [6, 6.07) is 6.37. The fourth-order valence-corrected chi connectivity index (χ4v) is 2.90. The molecule has 1 saturated heterocycles. The Morgan fingerprint density at radius 1 is 1.33 bits per heavy atom. The van der Waals surface area contributed by atoms with Gasteiger partial charge in [0, 0.05) is 31.4 Å². The summed E-state index contributed by atoms with van der Waals surface area (Å²) >= 11 is 0. The van der Waals surface area contributed by atoms with E-state index in [0.717, 1.165) is 57.8 Å². The first-order chi connectivity index (χ1) is 11.7. The lowest BCUT2D eigenvalue weighted by Crippen LogP contribution is -2.24. The first kappa shape index (κ1) is 18.7. The van der Waals surface area contributed by atoms with E-state index in [1.807, 2.05) is 0 Å². The van der Waals surface area contributed by atoms with Crippen LogP contribution in [0.25, 0.3) is 0 Å². The fraction of sp³-hybridized carbons (Fsp3) is 0.632. The minimum absolute atomic E-state index is 0.481. The van der Waals surface area contributed by atoms with Gasteiger partial charge in [0.05, 0.1) is 13.2 Å². The zero-order chi connectivity index (χ0) is 17.2. The molecule has 1 aromatic rings. The summed E-state index contributed by atoms with van der Waals surface area (Å²) in [4.78, 5) is 4.42. The third kappa shape index (κ3) is 5.80. The third-order valence-electron chi connectivity index (χ3n) is 4.36. The van der Waals surface area contributed by atoms with Gasteiger partial charge in [0.15, 0.2) is 5.96 Å². The van der Waals surface area contributed by atoms with Crippen molar-refractivity contribution in [1.29, 1.82) is 0 Å². The van der Waals surface area contributed by atoms with E-state index >= 15 is 0 Å². The molecule has 0 amide bonds. The molecule has 0 bridgehead atoms. The molecule has 5 heteroatoms. The van der Waals surface area contributed by atoms with Crippen LogP contribution in [0, 0.1) is 5.92 Å². The molecule has 0 spiro atoms. The number of hydrogen-bond donors (Lipinski definition) is 2. The largest absolute Gasteiger partial charge is 0.381 e. The van der Waals surface area contributed by atoms with Gasteiger partial charge in [-0.3, -0.25) is 4.99 Å². The number of anilines is 1. The molecule has 1 atom stereocenters. The number of hydrogen-bond acceptors (Lipinski definition) is 3. The lowest BCUT2D eigenvalue weighted by molar-refractivity contribution is 0.0893. The summed E-state index contributed by atoms with van der Waals surface area (Å²) in [5.41, 5.74) is 9.71. The van der Waals surface area contributed by atoms with Gasteiger partial charge in [-0.2, -0.15) is 0 Å². The number of aryl methyl sites for hydroxylation is 2. The van der Waals surface area contributed by atoms with Gasteiger partial charge >= 0.3 is 0 Å². The van der Waals surface area contributed by atoms with E-state index in [1.165, 1.54) is 11.1 Å². The Kier molecular flexibility index (Phi) is 8.05. The van der Waals surface area contributed by atoms with Crippen LogP contribution in [0.2, 0.25) is 0 Å². The maximum absolute atomic E-state index is 6.05. The smallest absolute Gasteiger partial charge is 0.193 e. The molecular weight excluding hydrogens is 302 g/mol. The topological polar surface area (TPSA) is 68.9 Å². The normalized spacial score (nSPS) is 18.1. The Morgan fingerprint density at radius 3 is 2.71 bits per heavy atom. The maximum Gasteiger partial charge on any atom is 0.193 e. The number of guanidine groups is 1. The molecule has 0 aromatic heterocycles. The number of nitrogens with zero attached hydrogens (tertiary/aromatic N) is 1. The third-order valence-corrected chi connectivity index (χ3v) is 4.36. The number of rotatable bonds is 9. The minimum Gasteiger partial charge on any atom is -0.381 e. The molecule has 5 nitrogen and oxygen atoms in total. The van der Waals surface area contributed by atoms with E-state index in [-0.39, 0.29) is 0 Å². The van der Waals surface area contributed by atoms with Gasteiger partial charge in [0.25, 0.3) is 0 Å². The second-order valence-corrected chi connectivity index (χ2v) is 6.21. The van der Waals surface area contributed by atoms with Crippen molar-refractivity contribution in [3.05, 3.63) is 29.3 Å². The average molecular weight is 333 g/mol. The van der Waals surface area contributed by atoms with Gasteiger partial charge in [-0.25, -0.2) is 0 Å². The van der Waals surface area contributed by atoms with Crippen molar-refractivity contribution in [2.75, 3.05) is 38.3 Å². The highest BCUT2D eigenvalue weighted by Gasteiger charge is 2.15. The summed E-state index contributed by atoms with van der Waals surface area (Å²) in [7, 11) is 0. The van der Waals surface area contributed by atoms with Crippen LogP contribution in [0.5, 0.6) is 0 Å². The predicted octanol–water partition coefficient (Wildman–Crippen LogP) is 2.98. The Morgan fingerprint density at radius 2 is 2.08 bits per heavy atom. The molecule has 1 aliphatic rings. The highest BCUT2D eigenvalue weighted by Crippen LogP contribution is 2.22. The lowest BCUT2D eigenvalue weighted by Gasteiger charge is -2.14. The Hall–Kier alpha value is -1.59. The van der Waals surface area contributed by atoms with Gasteiger partial charge < -0.3 is 20.5 Å². The van der Waals surface area contributed by atoms with Gasteiger partial charge in [-0.05, 0) is 36.8 Å². The van der Waals surface area contributed by atoms with Crippen LogP contribution in [0.1, 0.15) is 37.8 Å². The van der Waals surface area contributed by atoms with Crippen molar-refractivity contribution in [3.8, 4) is 0 Å². The number of ether oxygens (including phenoxy) is 2. The summed E-state index contributed by atoms with van der Waals surface area (Å²) in [6.45, 7) is 8.21. The van der Waals surface area contributed by atoms with E-state index < -0.39 is 0 Å². The van der Waals surface area contributed by atoms with Crippen LogP contribution in [0.15, 0.2) is 23.2 Å². The quantitative estimate of drug-likeness (QED) is 0.414. The van der Waals surface area contributed by atoms with Crippen molar-refractivity contribution < 1.29 is 9.47 Å². The Balaban J connectivity index is 1.73. The van der Waals surface area contributed by atoms with E-state index in [4.69, 9.17) is 15.2 Å². The molecule has 0 saturated carbocycles. The van der Waals surface area contributed by atoms with Crippen LogP contribution < -0.4 is 11.1 Å². The molecule has 0 radical (unpaired) electrons. The summed E-state index contributed by atoms with van der Waals surface area (Å²) in [5, 5.41) is 3.29. The average Bonchev–Trinajstić information content (AvgIpc) is 3.11. The molecule has 1 heterocycles. The molecule has 0 aliphatic carbocycles. The minimum atomic E-state index is 0.481. The Labute approximate surface area is 145 Å². The number of aliphatic imine (C=N–C) groups is 1. The van der Waals surface area contributed by atoms with Gasteiger partial charge in [-0.15, -0.1) is 0 Å². The monoisotopic (exact) mass is 333 g/mol. The summed E-state index contributed by atoms with van der Waals surface area (Å²) in [5.74, 6) is 1.05. The van der Waals surface area contributed by atoms with Crippen LogP contribution in [-0.4, -0.2) is 38.9 Å². The van der Waals surface area contributed by atoms with Crippen LogP contribution in [-0.2, 0) is 22.3 Å². The molecule has 1 aliphatic heterocycles. The number of para-hydroxylation sites is 1. The van der Waals surface area contributed by atoms with Crippen molar-refractivity contribution in [1.82, 2.24) is 0 Å². The van der Waals surface area contributed by atoms with Crippen molar-refractivity contribution >= 4 is 11.6 Å². The van der Waals surface area contributed by atoms with Crippen molar-refractivity contribution in [2.45, 2.75) is 39.5 Å². The lowest BCUT2D eigenvalue weighted by atomic mass is 10.0. The second-order valence-electron chi connectivity index (χ2n) is 6.21. The van der Waals surface area contributed by atoms with Crippen molar-refractivity contribution in [2.24, 2.45) is 16.6 Å². The van der Waals surface area contributed by atoms with E-state index in [2.05, 4.69) is 42.4 Å². The first-order valence-electron chi connectivity index (χ1n) is 9.07. The number of nitrogens with one attached hydrogen (secondary N) is 1. The van der Waals surface area contributed by atoms with E-state index in [0.29, 0.717) is 18.4 Å². The Bertz CT molecular complexity index is 503. The SMILES string of the molecule is CCc1cccc(CC)c1NC(N)=NCCCOCC1CCOC1. The predicted molar refractivity (Wildman–Crippen MR) is 99.7 cm³/mol. The van der Waals surface area contributed by atoms with Crippen LogP contribution in [0.3, 0.4) is 0 Å². The van der Waals surface area contributed by atoms with E-state index in [9.17, 15) is 0 Å². The number of nitrogens with two attached hydrogens (primary N) is 1. The second kappa shape index (κ2) is 10.3. The molecule has 134 valence electrons.